The fourth-order valence-electron chi connectivity index (χ4n) is 1.14. The van der Waals surface area contributed by atoms with E-state index in [2.05, 4.69) is 0 Å². The summed E-state index contributed by atoms with van der Waals surface area (Å²) < 4.78 is 76.8. The normalized spacial score (nSPS) is 12.1. The summed E-state index contributed by atoms with van der Waals surface area (Å²) >= 11 is 0. The molecule has 9 heteroatoms. The van der Waals surface area contributed by atoms with E-state index in [9.17, 15) is 31.1 Å². The summed E-state index contributed by atoms with van der Waals surface area (Å²) in [6.45, 7) is -2.22. The van der Waals surface area contributed by atoms with E-state index in [-0.39, 0.29) is 5.75 Å². The van der Waals surface area contributed by atoms with E-state index >= 15 is 0 Å². The van der Waals surface area contributed by atoms with E-state index in [4.69, 9.17) is 4.74 Å². The molecule has 0 aliphatic rings. The maximum Gasteiger partial charge on any atom is 0.416 e. The van der Waals surface area contributed by atoms with Gasteiger partial charge in [-0.15, -0.1) is 0 Å². The molecule has 1 N–H and O–H groups in total. The first-order chi connectivity index (χ1) is 9.08. The number of amides is 1. The largest absolute Gasteiger partial charge is 0.484 e. The monoisotopic (exact) mass is 301 g/mol. The van der Waals surface area contributed by atoms with Crippen molar-refractivity contribution in [1.29, 1.82) is 0 Å². The van der Waals surface area contributed by atoms with E-state index in [1.54, 1.807) is 5.32 Å². The van der Waals surface area contributed by atoms with Crippen LogP contribution >= 0.6 is 0 Å². The number of alkyl halides is 6. The number of hydrogen-bond acceptors (Lipinski definition) is 2. The van der Waals surface area contributed by atoms with E-state index in [0.717, 1.165) is 24.3 Å². The third kappa shape index (κ3) is 5.81. The van der Waals surface area contributed by atoms with Gasteiger partial charge in [-0.3, -0.25) is 4.79 Å². The van der Waals surface area contributed by atoms with E-state index in [1.165, 1.54) is 0 Å². The van der Waals surface area contributed by atoms with Crippen molar-refractivity contribution >= 4 is 5.91 Å². The number of carbonyl (C=O) groups excluding carboxylic acids is 1. The molecule has 112 valence electrons. The van der Waals surface area contributed by atoms with Crippen molar-refractivity contribution in [3.63, 3.8) is 0 Å². The predicted molar refractivity (Wildman–Crippen MR) is 56.0 cm³/mol. The molecule has 0 aliphatic carbocycles. The molecule has 0 saturated heterocycles. The molecule has 0 fully saturated rings. The molecular weight excluding hydrogens is 292 g/mol. The standard InChI is InChI=1S/C11H9F6NO2/c12-10(13,14)6-18-9(19)5-20-8-3-1-7(2-4-8)11(15,16)17/h1-4H,5-6H2,(H,18,19). The topological polar surface area (TPSA) is 38.3 Å². The highest BCUT2D eigenvalue weighted by Gasteiger charge is 2.30. The van der Waals surface area contributed by atoms with Crippen LogP contribution in [0.2, 0.25) is 0 Å². The highest BCUT2D eigenvalue weighted by atomic mass is 19.4. The SMILES string of the molecule is O=C(COc1ccc(C(F)(F)F)cc1)NCC(F)(F)F. The summed E-state index contributed by atoms with van der Waals surface area (Å²) in [6, 6.07) is 3.42. The van der Waals surface area contributed by atoms with Crippen LogP contribution in [0.4, 0.5) is 26.3 Å². The van der Waals surface area contributed by atoms with Gasteiger partial charge in [0.15, 0.2) is 6.61 Å². The van der Waals surface area contributed by atoms with Gasteiger partial charge in [0.1, 0.15) is 12.3 Å². The van der Waals surface area contributed by atoms with E-state index < -0.39 is 37.0 Å². The molecule has 1 amide bonds. The summed E-state index contributed by atoms with van der Waals surface area (Å²) in [4.78, 5) is 11.0. The number of benzene rings is 1. The fourth-order valence-corrected chi connectivity index (χ4v) is 1.14. The molecule has 3 nitrogen and oxygen atoms in total. The zero-order chi connectivity index (χ0) is 15.4. The Labute approximate surface area is 109 Å². The maximum atomic E-state index is 12.2. The molecule has 0 saturated carbocycles. The van der Waals surface area contributed by atoms with Crippen LogP contribution in [-0.4, -0.2) is 25.2 Å². The van der Waals surface area contributed by atoms with Crippen LogP contribution in [0, 0.1) is 0 Å². The van der Waals surface area contributed by atoms with Crippen LogP contribution < -0.4 is 10.1 Å². The minimum atomic E-state index is -4.54. The van der Waals surface area contributed by atoms with Crippen LogP contribution in [0.3, 0.4) is 0 Å². The Morgan fingerprint density at radius 3 is 2.05 bits per heavy atom. The molecular formula is C11H9F6NO2. The van der Waals surface area contributed by atoms with Gasteiger partial charge in [-0.2, -0.15) is 26.3 Å². The van der Waals surface area contributed by atoms with Gasteiger partial charge in [0, 0.05) is 0 Å². The van der Waals surface area contributed by atoms with Gasteiger partial charge in [-0.1, -0.05) is 0 Å². The van der Waals surface area contributed by atoms with Crippen molar-refractivity contribution in [2.45, 2.75) is 12.4 Å². The summed E-state index contributed by atoms with van der Waals surface area (Å²) in [5, 5.41) is 1.56. The summed E-state index contributed by atoms with van der Waals surface area (Å²) in [7, 11) is 0. The average molecular weight is 301 g/mol. The van der Waals surface area contributed by atoms with Crippen LogP contribution in [0.15, 0.2) is 24.3 Å². The fraction of sp³-hybridized carbons (Fsp3) is 0.364. The molecule has 1 rings (SSSR count). The lowest BCUT2D eigenvalue weighted by molar-refractivity contribution is -0.139. The molecule has 0 aliphatic heterocycles. The third-order valence-corrected chi connectivity index (χ3v) is 2.04. The molecule has 0 bridgehead atoms. The van der Waals surface area contributed by atoms with Crippen LogP contribution in [0.25, 0.3) is 0 Å². The van der Waals surface area contributed by atoms with Gasteiger partial charge in [0.2, 0.25) is 0 Å². The maximum absolute atomic E-state index is 12.2. The van der Waals surface area contributed by atoms with Crippen LogP contribution in [0.5, 0.6) is 5.75 Å². The second kappa shape index (κ2) is 6.02. The van der Waals surface area contributed by atoms with Crippen molar-refractivity contribution in [1.82, 2.24) is 5.32 Å². The number of hydrogen-bond donors (Lipinski definition) is 1. The van der Waals surface area contributed by atoms with Crippen molar-refractivity contribution < 1.29 is 35.9 Å². The van der Waals surface area contributed by atoms with Gasteiger partial charge in [0.25, 0.3) is 5.91 Å². The smallest absolute Gasteiger partial charge is 0.416 e. The lowest BCUT2D eigenvalue weighted by Gasteiger charge is -2.10. The van der Waals surface area contributed by atoms with Crippen LogP contribution in [0.1, 0.15) is 5.56 Å². The zero-order valence-corrected chi connectivity index (χ0v) is 9.81. The predicted octanol–water partition coefficient (Wildman–Crippen LogP) is 2.76. The van der Waals surface area contributed by atoms with Crippen molar-refractivity contribution in [2.75, 3.05) is 13.2 Å². The highest BCUT2D eigenvalue weighted by Crippen LogP contribution is 2.30. The van der Waals surface area contributed by atoms with Crippen molar-refractivity contribution in [2.24, 2.45) is 0 Å². The van der Waals surface area contributed by atoms with Crippen LogP contribution in [-0.2, 0) is 11.0 Å². The Bertz CT molecular complexity index is 451. The quantitative estimate of drug-likeness (QED) is 0.869. The van der Waals surface area contributed by atoms with Gasteiger partial charge >= 0.3 is 12.4 Å². The van der Waals surface area contributed by atoms with Gasteiger partial charge in [-0.05, 0) is 24.3 Å². The summed E-state index contributed by atoms with van der Waals surface area (Å²) in [5.41, 5.74) is -0.897. The first kappa shape index (κ1) is 16.1. The Balaban J connectivity index is 2.44. The van der Waals surface area contributed by atoms with E-state index in [1.807, 2.05) is 0 Å². The number of carbonyl (C=O) groups is 1. The van der Waals surface area contributed by atoms with Gasteiger partial charge in [-0.25, -0.2) is 0 Å². The number of halogens is 6. The number of ether oxygens (including phenoxy) is 1. The molecule has 1 aromatic carbocycles. The molecule has 0 spiro atoms. The van der Waals surface area contributed by atoms with Gasteiger partial charge in [0.05, 0.1) is 5.56 Å². The number of rotatable bonds is 4. The molecule has 0 unspecified atom stereocenters. The molecule has 0 atom stereocenters. The third-order valence-electron chi connectivity index (χ3n) is 2.04. The molecule has 0 radical (unpaired) electrons. The summed E-state index contributed by atoms with van der Waals surface area (Å²) in [5.74, 6) is -1.08. The molecule has 20 heavy (non-hydrogen) atoms. The molecule has 0 aromatic heterocycles. The molecule has 0 heterocycles. The summed E-state index contributed by atoms with van der Waals surface area (Å²) in [6.07, 6.45) is -9.04. The average Bonchev–Trinajstić information content (AvgIpc) is 2.32. The van der Waals surface area contributed by atoms with Crippen molar-refractivity contribution in [3.05, 3.63) is 29.8 Å². The van der Waals surface area contributed by atoms with Gasteiger partial charge < -0.3 is 10.1 Å². The highest BCUT2D eigenvalue weighted by molar-refractivity contribution is 5.77. The lowest BCUT2D eigenvalue weighted by atomic mass is 10.2. The Kier molecular flexibility index (Phi) is 4.85. The first-order valence-corrected chi connectivity index (χ1v) is 5.21. The second-order valence-corrected chi connectivity index (χ2v) is 3.70. The second-order valence-electron chi connectivity index (χ2n) is 3.70. The number of nitrogens with one attached hydrogen (secondary N) is 1. The lowest BCUT2D eigenvalue weighted by Crippen LogP contribution is -2.36. The minimum Gasteiger partial charge on any atom is -0.484 e. The van der Waals surface area contributed by atoms with E-state index in [0.29, 0.717) is 0 Å². The zero-order valence-electron chi connectivity index (χ0n) is 9.81. The molecule has 1 aromatic rings. The Morgan fingerprint density at radius 2 is 1.60 bits per heavy atom. The first-order valence-electron chi connectivity index (χ1n) is 5.21. The Morgan fingerprint density at radius 1 is 1.05 bits per heavy atom. The van der Waals surface area contributed by atoms with Crippen molar-refractivity contribution in [3.8, 4) is 5.75 Å². The minimum absolute atomic E-state index is 0.0554. The Hall–Kier alpha value is -1.93.